The molecule has 0 saturated heterocycles. The summed E-state index contributed by atoms with van der Waals surface area (Å²) in [6.07, 6.45) is 2.43. The zero-order valence-electron chi connectivity index (χ0n) is 18.8. The van der Waals surface area contributed by atoms with Crippen molar-refractivity contribution in [2.45, 2.75) is 38.7 Å². The molecule has 0 amide bonds. The Hall–Kier alpha value is -2.19. The van der Waals surface area contributed by atoms with Gasteiger partial charge in [-0.3, -0.25) is 4.99 Å². The molecular formula is C23H33NO5Si. The van der Waals surface area contributed by atoms with Gasteiger partial charge in [-0.1, -0.05) is 39.0 Å². The SMILES string of the molecule is CO[Si](CCCOc1cccc(N=Cc2cccc(C(C)(C)C)c2O)c1)(OC)OC. The van der Waals surface area contributed by atoms with Crippen LogP contribution in [0.25, 0.3) is 0 Å². The van der Waals surface area contributed by atoms with Gasteiger partial charge in [0.25, 0.3) is 0 Å². The highest BCUT2D eigenvalue weighted by Crippen LogP contribution is 2.32. The van der Waals surface area contributed by atoms with Crippen LogP contribution in [-0.2, 0) is 18.7 Å². The predicted molar refractivity (Wildman–Crippen MR) is 122 cm³/mol. The molecule has 0 saturated carbocycles. The lowest BCUT2D eigenvalue weighted by Crippen LogP contribution is -2.42. The summed E-state index contributed by atoms with van der Waals surface area (Å²) in [5, 5.41) is 10.6. The molecule has 0 fully saturated rings. The van der Waals surface area contributed by atoms with E-state index in [1.54, 1.807) is 27.5 Å². The second-order valence-corrected chi connectivity index (χ2v) is 11.1. The van der Waals surface area contributed by atoms with E-state index in [1.165, 1.54) is 0 Å². The van der Waals surface area contributed by atoms with Gasteiger partial charge >= 0.3 is 8.80 Å². The first-order chi connectivity index (χ1) is 14.2. The van der Waals surface area contributed by atoms with Crippen molar-refractivity contribution in [3.8, 4) is 11.5 Å². The maximum atomic E-state index is 10.6. The van der Waals surface area contributed by atoms with Crippen LogP contribution in [0, 0.1) is 0 Å². The highest BCUT2D eigenvalue weighted by Gasteiger charge is 2.36. The monoisotopic (exact) mass is 431 g/mol. The Balaban J connectivity index is 2.01. The fourth-order valence-electron chi connectivity index (χ4n) is 3.10. The van der Waals surface area contributed by atoms with E-state index in [9.17, 15) is 5.11 Å². The molecule has 164 valence electrons. The number of phenolic OH excluding ortho intramolecular Hbond substituents is 1. The standard InChI is InChI=1S/C23H33NO5Si/c1-23(2,3)21-13-7-10-18(22(21)25)17-24-19-11-8-12-20(16-19)29-14-9-15-30(26-4,27-5)28-6/h7-8,10-13,16-17,25H,9,14-15H2,1-6H3. The van der Waals surface area contributed by atoms with Crippen LogP contribution < -0.4 is 4.74 Å². The van der Waals surface area contributed by atoms with Crippen LogP contribution >= 0.6 is 0 Å². The van der Waals surface area contributed by atoms with E-state index < -0.39 is 8.80 Å². The van der Waals surface area contributed by atoms with Gasteiger partial charge in [0.2, 0.25) is 0 Å². The fraction of sp³-hybridized carbons (Fsp3) is 0.435. The first-order valence-corrected chi connectivity index (χ1v) is 11.9. The summed E-state index contributed by atoms with van der Waals surface area (Å²) in [6.45, 7) is 6.74. The summed E-state index contributed by atoms with van der Waals surface area (Å²) >= 11 is 0. The second kappa shape index (κ2) is 10.7. The number of aromatic hydroxyl groups is 1. The predicted octanol–water partition coefficient (Wildman–Crippen LogP) is 5.09. The molecule has 0 aliphatic carbocycles. The maximum absolute atomic E-state index is 10.6. The van der Waals surface area contributed by atoms with Gasteiger partial charge in [0.05, 0.1) is 12.3 Å². The van der Waals surface area contributed by atoms with Gasteiger partial charge in [-0.15, -0.1) is 0 Å². The molecule has 0 aromatic heterocycles. The minimum atomic E-state index is -2.57. The largest absolute Gasteiger partial charge is 0.507 e. The number of rotatable bonds is 10. The second-order valence-electron chi connectivity index (χ2n) is 8.00. The number of nitrogens with zero attached hydrogens (tertiary/aromatic N) is 1. The highest BCUT2D eigenvalue weighted by atomic mass is 28.4. The summed E-state index contributed by atoms with van der Waals surface area (Å²) in [6, 6.07) is 14.0. The average Bonchev–Trinajstić information content (AvgIpc) is 2.73. The number of hydrogen-bond donors (Lipinski definition) is 1. The third-order valence-corrected chi connectivity index (χ3v) is 7.71. The third-order valence-electron chi connectivity index (χ3n) is 4.87. The molecule has 7 heteroatoms. The van der Waals surface area contributed by atoms with Gasteiger partial charge in [-0.25, -0.2) is 0 Å². The zero-order valence-corrected chi connectivity index (χ0v) is 19.8. The van der Waals surface area contributed by atoms with E-state index in [0.29, 0.717) is 18.2 Å². The average molecular weight is 432 g/mol. The summed E-state index contributed by atoms with van der Waals surface area (Å²) in [4.78, 5) is 4.51. The Bertz CT molecular complexity index is 835. The van der Waals surface area contributed by atoms with Gasteiger partial charge in [-0.2, -0.15) is 0 Å². The smallest absolute Gasteiger partial charge is 0.500 e. The lowest BCUT2D eigenvalue weighted by Gasteiger charge is -2.24. The van der Waals surface area contributed by atoms with Crippen molar-refractivity contribution in [1.29, 1.82) is 0 Å². The quantitative estimate of drug-likeness (QED) is 0.322. The van der Waals surface area contributed by atoms with Crippen molar-refractivity contribution in [3.63, 3.8) is 0 Å². The maximum Gasteiger partial charge on any atom is 0.500 e. The molecule has 30 heavy (non-hydrogen) atoms. The Labute approximate surface area is 180 Å². The Kier molecular flexibility index (Phi) is 8.61. The lowest BCUT2D eigenvalue weighted by atomic mass is 9.85. The molecule has 1 N–H and O–H groups in total. The van der Waals surface area contributed by atoms with Crippen LogP contribution in [0.15, 0.2) is 47.5 Å². The van der Waals surface area contributed by atoms with Crippen LogP contribution in [0.2, 0.25) is 6.04 Å². The van der Waals surface area contributed by atoms with E-state index in [1.807, 2.05) is 42.5 Å². The lowest BCUT2D eigenvalue weighted by molar-refractivity contribution is 0.121. The minimum absolute atomic E-state index is 0.142. The molecule has 0 unspecified atom stereocenters. The molecule has 2 aromatic carbocycles. The van der Waals surface area contributed by atoms with Gasteiger partial charge in [0, 0.05) is 45.2 Å². The van der Waals surface area contributed by atoms with Gasteiger partial charge in [-0.05, 0) is 35.6 Å². The Morgan fingerprint density at radius 2 is 1.67 bits per heavy atom. The molecule has 0 aliphatic heterocycles. The molecule has 0 bridgehead atoms. The van der Waals surface area contributed by atoms with Crippen LogP contribution in [0.1, 0.15) is 38.3 Å². The van der Waals surface area contributed by atoms with Crippen LogP contribution in [0.4, 0.5) is 5.69 Å². The molecule has 0 aliphatic rings. The van der Waals surface area contributed by atoms with E-state index in [2.05, 4.69) is 25.8 Å². The Morgan fingerprint density at radius 1 is 1.00 bits per heavy atom. The van der Waals surface area contributed by atoms with Crippen LogP contribution in [0.3, 0.4) is 0 Å². The number of para-hydroxylation sites is 1. The number of phenols is 1. The zero-order chi connectivity index (χ0) is 22.2. The van der Waals surface area contributed by atoms with Crippen molar-refractivity contribution >= 4 is 20.7 Å². The van der Waals surface area contributed by atoms with E-state index >= 15 is 0 Å². The minimum Gasteiger partial charge on any atom is -0.507 e. The fourth-order valence-corrected chi connectivity index (χ4v) is 4.79. The van der Waals surface area contributed by atoms with Crippen molar-refractivity contribution in [3.05, 3.63) is 53.6 Å². The highest BCUT2D eigenvalue weighted by molar-refractivity contribution is 6.60. The van der Waals surface area contributed by atoms with Gasteiger partial charge < -0.3 is 23.1 Å². The Morgan fingerprint density at radius 3 is 2.30 bits per heavy atom. The van der Waals surface area contributed by atoms with E-state index in [4.69, 9.17) is 18.0 Å². The number of hydrogen-bond acceptors (Lipinski definition) is 6. The number of benzene rings is 2. The van der Waals surface area contributed by atoms with Gasteiger partial charge in [0.1, 0.15) is 11.5 Å². The number of ether oxygens (including phenoxy) is 1. The first-order valence-electron chi connectivity index (χ1n) is 9.99. The molecular weight excluding hydrogens is 398 g/mol. The van der Waals surface area contributed by atoms with Crippen molar-refractivity contribution in [1.82, 2.24) is 0 Å². The van der Waals surface area contributed by atoms with Gasteiger partial charge in [0.15, 0.2) is 0 Å². The third kappa shape index (κ3) is 6.40. The topological polar surface area (TPSA) is 69.5 Å². The first kappa shape index (κ1) is 24.1. The van der Waals surface area contributed by atoms with Crippen LogP contribution in [-0.4, -0.2) is 48.1 Å². The molecule has 0 radical (unpaired) electrons. The summed E-state index contributed by atoms with van der Waals surface area (Å²) in [5.74, 6) is 1.00. The van der Waals surface area contributed by atoms with Crippen molar-refractivity contribution in [2.24, 2.45) is 4.99 Å². The summed E-state index contributed by atoms with van der Waals surface area (Å²) in [7, 11) is 2.26. The van der Waals surface area contributed by atoms with Crippen LogP contribution in [0.5, 0.6) is 11.5 Å². The molecule has 2 aromatic rings. The van der Waals surface area contributed by atoms with E-state index in [-0.39, 0.29) is 11.2 Å². The molecule has 0 spiro atoms. The van der Waals surface area contributed by atoms with E-state index in [0.717, 1.165) is 23.4 Å². The van der Waals surface area contributed by atoms with Crippen molar-refractivity contribution < 1.29 is 23.1 Å². The number of aliphatic imine (C=N–C) groups is 1. The summed E-state index contributed by atoms with van der Waals surface area (Å²) < 4.78 is 22.1. The molecule has 2 rings (SSSR count). The normalized spacial score (nSPS) is 12.5. The molecule has 0 atom stereocenters. The summed E-state index contributed by atoms with van der Waals surface area (Å²) in [5.41, 5.74) is 2.19. The van der Waals surface area contributed by atoms with Crippen molar-refractivity contribution in [2.75, 3.05) is 27.9 Å². The molecule has 6 nitrogen and oxygen atoms in total. The molecule has 0 heterocycles.